The summed E-state index contributed by atoms with van der Waals surface area (Å²) >= 11 is 0. The Morgan fingerprint density at radius 3 is 2.72 bits per heavy atom. The molecule has 1 aromatic carbocycles. The van der Waals surface area contributed by atoms with E-state index >= 15 is 0 Å². The lowest BCUT2D eigenvalue weighted by Crippen LogP contribution is -2.39. The lowest BCUT2D eigenvalue weighted by Gasteiger charge is -2.32. The van der Waals surface area contributed by atoms with Crippen LogP contribution in [0.4, 0.5) is 8.78 Å². The minimum atomic E-state index is -0.497. The highest BCUT2D eigenvalue weighted by Crippen LogP contribution is 2.28. The van der Waals surface area contributed by atoms with Crippen LogP contribution >= 0.6 is 0 Å². The highest BCUT2D eigenvalue weighted by Gasteiger charge is 2.25. The third-order valence-electron chi connectivity index (χ3n) is 3.87. The third-order valence-corrected chi connectivity index (χ3v) is 3.87. The number of benzene rings is 1. The summed E-state index contributed by atoms with van der Waals surface area (Å²) in [4.78, 5) is 0. The molecule has 1 aromatic rings. The van der Waals surface area contributed by atoms with Crippen LogP contribution in [0, 0.1) is 17.6 Å². The second-order valence-corrected chi connectivity index (χ2v) is 5.15. The van der Waals surface area contributed by atoms with Crippen molar-refractivity contribution < 1.29 is 8.78 Å². The second kappa shape index (κ2) is 6.28. The maximum Gasteiger partial charge on any atom is 0.129 e. The minimum absolute atomic E-state index is 0.407. The lowest BCUT2D eigenvalue weighted by molar-refractivity contribution is 0.262. The molecule has 1 fully saturated rings. The Kier molecular flexibility index (Phi) is 4.70. The van der Waals surface area contributed by atoms with Crippen molar-refractivity contribution >= 4 is 0 Å². The molecule has 2 unspecified atom stereocenters. The molecular weight excluding hydrogens is 232 g/mol. The Morgan fingerprint density at radius 1 is 1.22 bits per heavy atom. The Hall–Kier alpha value is -0.960. The molecule has 1 N–H and O–H groups in total. The van der Waals surface area contributed by atoms with Gasteiger partial charge in [-0.05, 0) is 43.4 Å². The van der Waals surface area contributed by atoms with Gasteiger partial charge < -0.3 is 5.32 Å². The molecule has 1 aliphatic rings. The highest BCUT2D eigenvalue weighted by molar-refractivity contribution is 5.19. The molecule has 2 atom stereocenters. The van der Waals surface area contributed by atoms with Gasteiger partial charge in [0.25, 0.3) is 0 Å². The summed E-state index contributed by atoms with van der Waals surface area (Å²) in [6, 6.07) is 4.40. The van der Waals surface area contributed by atoms with E-state index in [1.807, 2.05) is 0 Å². The molecule has 18 heavy (non-hydrogen) atoms. The first-order valence-electron chi connectivity index (χ1n) is 6.88. The van der Waals surface area contributed by atoms with Crippen molar-refractivity contribution in [3.63, 3.8) is 0 Å². The fraction of sp³-hybridized carbons (Fsp3) is 0.600. The maximum atomic E-state index is 13.7. The van der Waals surface area contributed by atoms with E-state index in [0.29, 0.717) is 23.9 Å². The summed E-state index contributed by atoms with van der Waals surface area (Å²) in [7, 11) is 0. The Bertz CT molecular complexity index is 390. The van der Waals surface area contributed by atoms with Crippen LogP contribution < -0.4 is 5.32 Å². The van der Waals surface area contributed by atoms with E-state index in [2.05, 4.69) is 12.2 Å². The van der Waals surface area contributed by atoms with E-state index in [1.165, 1.54) is 25.3 Å². The largest absolute Gasteiger partial charge is 0.314 e. The number of halogens is 2. The molecule has 2 rings (SSSR count). The van der Waals surface area contributed by atoms with Gasteiger partial charge in [0.2, 0.25) is 0 Å². The van der Waals surface area contributed by atoms with Crippen LogP contribution in [0.1, 0.15) is 38.2 Å². The van der Waals surface area contributed by atoms with Crippen LogP contribution in [0.3, 0.4) is 0 Å². The topological polar surface area (TPSA) is 12.0 Å². The minimum Gasteiger partial charge on any atom is -0.314 e. The maximum absolute atomic E-state index is 13.7. The molecule has 0 aliphatic heterocycles. The smallest absolute Gasteiger partial charge is 0.129 e. The molecular formula is C15H21F2N. The van der Waals surface area contributed by atoms with Crippen LogP contribution in [-0.2, 0) is 6.42 Å². The third kappa shape index (κ3) is 3.29. The average molecular weight is 253 g/mol. The predicted octanol–water partition coefficient (Wildman–Crippen LogP) is 3.68. The summed E-state index contributed by atoms with van der Waals surface area (Å²) < 4.78 is 26.5. The van der Waals surface area contributed by atoms with Gasteiger partial charge in [-0.3, -0.25) is 0 Å². The Balaban J connectivity index is 2.06. The zero-order chi connectivity index (χ0) is 13.0. The quantitative estimate of drug-likeness (QED) is 0.863. The molecule has 0 bridgehead atoms. The van der Waals surface area contributed by atoms with Gasteiger partial charge in [-0.25, -0.2) is 8.78 Å². The zero-order valence-electron chi connectivity index (χ0n) is 10.9. The number of nitrogens with one attached hydrogen (secondary N) is 1. The fourth-order valence-electron chi connectivity index (χ4n) is 2.95. The van der Waals surface area contributed by atoms with E-state index < -0.39 is 11.6 Å². The van der Waals surface area contributed by atoms with Gasteiger partial charge in [-0.1, -0.05) is 25.8 Å². The molecule has 1 nitrogen and oxygen atoms in total. The first kappa shape index (κ1) is 13.5. The van der Waals surface area contributed by atoms with Crippen LogP contribution in [0.15, 0.2) is 18.2 Å². The van der Waals surface area contributed by atoms with Gasteiger partial charge in [-0.2, -0.15) is 0 Å². The number of hydrogen-bond acceptors (Lipinski definition) is 1. The molecule has 0 spiro atoms. The van der Waals surface area contributed by atoms with E-state index in [1.54, 1.807) is 6.07 Å². The van der Waals surface area contributed by atoms with Crippen molar-refractivity contribution in [3.8, 4) is 0 Å². The van der Waals surface area contributed by atoms with Crippen LogP contribution in [-0.4, -0.2) is 12.6 Å². The van der Waals surface area contributed by atoms with Crippen molar-refractivity contribution in [2.24, 2.45) is 5.92 Å². The van der Waals surface area contributed by atoms with Gasteiger partial charge in [0.1, 0.15) is 11.6 Å². The summed E-state index contributed by atoms with van der Waals surface area (Å²) in [6.45, 7) is 3.05. The van der Waals surface area contributed by atoms with Gasteiger partial charge in [0, 0.05) is 12.1 Å². The van der Waals surface area contributed by atoms with E-state index in [0.717, 1.165) is 19.0 Å². The van der Waals surface area contributed by atoms with Gasteiger partial charge in [-0.15, -0.1) is 0 Å². The van der Waals surface area contributed by atoms with E-state index in [9.17, 15) is 8.78 Å². The molecule has 100 valence electrons. The number of rotatable bonds is 4. The van der Waals surface area contributed by atoms with Crippen molar-refractivity contribution in [1.29, 1.82) is 0 Å². The van der Waals surface area contributed by atoms with Crippen LogP contribution in [0.25, 0.3) is 0 Å². The predicted molar refractivity (Wildman–Crippen MR) is 69.5 cm³/mol. The molecule has 0 amide bonds. The van der Waals surface area contributed by atoms with E-state index in [-0.39, 0.29) is 0 Å². The Labute approximate surface area is 108 Å². The molecule has 3 heteroatoms. The SMILES string of the molecule is CCNC1CCCCC1Cc1ccc(F)cc1F. The van der Waals surface area contributed by atoms with Crippen molar-refractivity contribution in [3.05, 3.63) is 35.4 Å². The first-order valence-corrected chi connectivity index (χ1v) is 6.88. The van der Waals surface area contributed by atoms with Gasteiger partial charge in [0.15, 0.2) is 0 Å². The summed E-state index contributed by atoms with van der Waals surface area (Å²) in [6.07, 6.45) is 5.48. The van der Waals surface area contributed by atoms with Crippen molar-refractivity contribution in [1.82, 2.24) is 5.32 Å². The van der Waals surface area contributed by atoms with Crippen molar-refractivity contribution in [2.45, 2.75) is 45.1 Å². The highest BCUT2D eigenvalue weighted by atomic mass is 19.1. The standard InChI is InChI=1S/C15H21F2N/c1-2-18-15-6-4-3-5-12(15)9-11-7-8-13(16)10-14(11)17/h7-8,10,12,15,18H,2-6,9H2,1H3. The average Bonchev–Trinajstić information content (AvgIpc) is 2.35. The molecule has 0 radical (unpaired) electrons. The van der Waals surface area contributed by atoms with Crippen LogP contribution in [0.2, 0.25) is 0 Å². The second-order valence-electron chi connectivity index (χ2n) is 5.15. The molecule has 0 aromatic heterocycles. The fourth-order valence-corrected chi connectivity index (χ4v) is 2.95. The summed E-state index contributed by atoms with van der Waals surface area (Å²) in [5.41, 5.74) is 0.645. The van der Waals surface area contributed by atoms with Gasteiger partial charge >= 0.3 is 0 Å². The molecule has 0 saturated heterocycles. The Morgan fingerprint density at radius 2 is 2.00 bits per heavy atom. The molecule has 1 saturated carbocycles. The lowest BCUT2D eigenvalue weighted by atomic mass is 9.80. The molecule has 1 aliphatic carbocycles. The normalized spacial score (nSPS) is 24.2. The summed E-state index contributed by atoms with van der Waals surface area (Å²) in [5.74, 6) is -0.433. The van der Waals surface area contributed by atoms with Crippen LogP contribution in [0.5, 0.6) is 0 Å². The van der Waals surface area contributed by atoms with Gasteiger partial charge in [0.05, 0.1) is 0 Å². The number of hydrogen-bond donors (Lipinski definition) is 1. The van der Waals surface area contributed by atoms with Crippen molar-refractivity contribution in [2.75, 3.05) is 6.54 Å². The van der Waals surface area contributed by atoms with E-state index in [4.69, 9.17) is 0 Å². The summed E-state index contributed by atoms with van der Waals surface area (Å²) in [5, 5.41) is 3.49. The first-order chi connectivity index (χ1) is 8.70. The monoisotopic (exact) mass is 253 g/mol. The zero-order valence-corrected chi connectivity index (χ0v) is 10.9. The molecule has 0 heterocycles.